The van der Waals surface area contributed by atoms with E-state index in [1.807, 2.05) is 6.07 Å². The second-order valence-electron chi connectivity index (χ2n) is 8.49. The minimum Gasteiger partial charge on any atom is -0.321 e. The number of sulfone groups is 1. The van der Waals surface area contributed by atoms with Crippen molar-refractivity contribution in [1.29, 1.82) is 5.26 Å². The molecule has 1 fully saturated rings. The zero-order valence-electron chi connectivity index (χ0n) is 19.0. The smallest absolute Gasteiger partial charge is 0.259 e. The lowest BCUT2D eigenvalue weighted by Gasteiger charge is -2.39. The summed E-state index contributed by atoms with van der Waals surface area (Å²) in [7, 11) is -1.65. The highest BCUT2D eigenvalue weighted by Gasteiger charge is 2.49. The van der Waals surface area contributed by atoms with Gasteiger partial charge in [0, 0.05) is 16.8 Å². The van der Waals surface area contributed by atoms with Crippen molar-refractivity contribution in [1.82, 2.24) is 4.67 Å². The van der Waals surface area contributed by atoms with Gasteiger partial charge in [-0.15, -0.1) is 0 Å². The summed E-state index contributed by atoms with van der Waals surface area (Å²) in [5.74, 6) is 0.00744. The lowest BCUT2D eigenvalue weighted by molar-refractivity contribution is 0.117. The van der Waals surface area contributed by atoms with E-state index in [9.17, 15) is 8.42 Å². The monoisotopic (exact) mass is 504 g/mol. The third kappa shape index (κ3) is 7.33. The fourth-order valence-electron chi connectivity index (χ4n) is 3.37. The standard InChI is InChI=1S/C21H33N2O4PS3/c1-16(2)23(17(3)4)28(26-14-10-13-22)27-20-19(29-30-21(20,5)6)15-31(24,25)18-11-8-7-9-12-18/h7-9,11-12,16-17,19-20H,10,14-15H2,1-6H3. The van der Waals surface area contributed by atoms with Crippen LogP contribution in [0, 0.1) is 11.3 Å². The topological polar surface area (TPSA) is 79.6 Å². The molecule has 0 saturated carbocycles. The summed E-state index contributed by atoms with van der Waals surface area (Å²) < 4.78 is 40.7. The van der Waals surface area contributed by atoms with Gasteiger partial charge >= 0.3 is 0 Å². The van der Waals surface area contributed by atoms with Gasteiger partial charge in [-0.05, 0) is 53.7 Å². The van der Waals surface area contributed by atoms with Crippen LogP contribution in [0.4, 0.5) is 0 Å². The van der Waals surface area contributed by atoms with Gasteiger partial charge in [-0.2, -0.15) is 5.26 Å². The molecule has 0 aromatic heterocycles. The molecule has 6 nitrogen and oxygen atoms in total. The fraction of sp³-hybridized carbons (Fsp3) is 0.667. The van der Waals surface area contributed by atoms with Crippen LogP contribution >= 0.6 is 30.1 Å². The van der Waals surface area contributed by atoms with E-state index in [-0.39, 0.29) is 40.4 Å². The predicted molar refractivity (Wildman–Crippen MR) is 132 cm³/mol. The Bertz CT molecular complexity index is 836. The number of hydrogen-bond donors (Lipinski definition) is 0. The Hall–Kier alpha value is -0.330. The van der Waals surface area contributed by atoms with Crippen LogP contribution in [-0.4, -0.2) is 53.6 Å². The van der Waals surface area contributed by atoms with Crippen LogP contribution < -0.4 is 0 Å². The summed E-state index contributed by atoms with van der Waals surface area (Å²) >= 11 is 0. The zero-order chi connectivity index (χ0) is 23.2. The van der Waals surface area contributed by atoms with Crippen molar-refractivity contribution in [2.24, 2.45) is 0 Å². The molecule has 1 aromatic carbocycles. The maximum absolute atomic E-state index is 13.0. The van der Waals surface area contributed by atoms with Crippen LogP contribution in [0.25, 0.3) is 0 Å². The minimum absolute atomic E-state index is 0.00744. The molecule has 3 unspecified atom stereocenters. The van der Waals surface area contributed by atoms with Crippen LogP contribution in [0.3, 0.4) is 0 Å². The number of nitrogens with zero attached hydrogens (tertiary/aromatic N) is 2. The lowest BCUT2D eigenvalue weighted by Crippen LogP contribution is -2.42. The highest BCUT2D eigenvalue weighted by atomic mass is 33.1. The molecule has 0 bridgehead atoms. The molecule has 1 heterocycles. The van der Waals surface area contributed by atoms with Gasteiger partial charge in [-0.25, -0.2) is 13.1 Å². The van der Waals surface area contributed by atoms with Crippen LogP contribution in [0.1, 0.15) is 48.0 Å². The highest BCUT2D eigenvalue weighted by Crippen LogP contribution is 2.58. The van der Waals surface area contributed by atoms with E-state index in [2.05, 4.69) is 52.3 Å². The quantitative estimate of drug-likeness (QED) is 0.217. The van der Waals surface area contributed by atoms with E-state index in [4.69, 9.17) is 14.3 Å². The van der Waals surface area contributed by atoms with E-state index >= 15 is 0 Å². The van der Waals surface area contributed by atoms with Crippen molar-refractivity contribution in [2.75, 3.05) is 12.4 Å². The molecule has 0 amide bonds. The molecule has 3 atom stereocenters. The number of rotatable bonds is 11. The number of hydrogen-bond acceptors (Lipinski definition) is 8. The van der Waals surface area contributed by atoms with Gasteiger partial charge in [0.05, 0.1) is 41.1 Å². The molecule has 10 heteroatoms. The van der Waals surface area contributed by atoms with Gasteiger partial charge in [-0.3, -0.25) is 0 Å². The Morgan fingerprint density at radius 1 is 1.19 bits per heavy atom. The fourth-order valence-corrected chi connectivity index (χ4v) is 11.0. The molecule has 1 aliphatic heterocycles. The van der Waals surface area contributed by atoms with Gasteiger partial charge in [0.15, 0.2) is 9.84 Å². The average molecular weight is 505 g/mol. The van der Waals surface area contributed by atoms with Crippen molar-refractivity contribution in [3.8, 4) is 6.07 Å². The molecule has 174 valence electrons. The molecule has 0 aliphatic carbocycles. The Labute approximate surface area is 196 Å². The summed E-state index contributed by atoms with van der Waals surface area (Å²) in [6, 6.07) is 11.1. The third-order valence-corrected chi connectivity index (χ3v) is 12.6. The first-order valence-electron chi connectivity index (χ1n) is 10.4. The molecular weight excluding hydrogens is 471 g/mol. The van der Waals surface area contributed by atoms with Gasteiger partial charge in [-0.1, -0.05) is 39.8 Å². The Balaban J connectivity index is 2.27. The molecule has 1 saturated heterocycles. The third-order valence-electron chi connectivity index (χ3n) is 4.76. The second kappa shape index (κ2) is 11.7. The SMILES string of the molecule is CC(C)N(C(C)C)P(OCCC#N)OC1C(CS(=O)(=O)c2ccccc2)SSC1(C)C. The van der Waals surface area contributed by atoms with E-state index in [1.165, 1.54) is 0 Å². The van der Waals surface area contributed by atoms with Crippen molar-refractivity contribution in [3.05, 3.63) is 30.3 Å². The van der Waals surface area contributed by atoms with Gasteiger partial charge < -0.3 is 9.05 Å². The van der Waals surface area contributed by atoms with E-state index in [1.54, 1.807) is 45.9 Å². The summed E-state index contributed by atoms with van der Waals surface area (Å²) in [5.41, 5.74) is 0. The van der Waals surface area contributed by atoms with E-state index in [0.717, 1.165) is 0 Å². The van der Waals surface area contributed by atoms with Crippen LogP contribution in [0.2, 0.25) is 0 Å². The zero-order valence-corrected chi connectivity index (χ0v) is 22.4. The molecular formula is C21H33N2O4PS3. The Kier molecular flexibility index (Phi) is 10.2. The summed E-state index contributed by atoms with van der Waals surface area (Å²) in [6.07, 6.45) is -0.0236. The predicted octanol–water partition coefficient (Wildman–Crippen LogP) is 5.66. The van der Waals surface area contributed by atoms with Crippen LogP contribution in [0.15, 0.2) is 35.2 Å². The first-order valence-corrected chi connectivity index (χ1v) is 15.4. The molecule has 31 heavy (non-hydrogen) atoms. The maximum atomic E-state index is 13.0. The van der Waals surface area contributed by atoms with Crippen molar-refractivity contribution >= 4 is 40.0 Å². The Morgan fingerprint density at radius 2 is 1.81 bits per heavy atom. The van der Waals surface area contributed by atoms with E-state index in [0.29, 0.717) is 11.5 Å². The summed E-state index contributed by atoms with van der Waals surface area (Å²) in [4.78, 5) is 0.336. The summed E-state index contributed by atoms with van der Waals surface area (Å²) in [6.45, 7) is 12.8. The van der Waals surface area contributed by atoms with Crippen LogP contribution in [0.5, 0.6) is 0 Å². The maximum Gasteiger partial charge on any atom is 0.259 e. The largest absolute Gasteiger partial charge is 0.321 e. The molecule has 2 rings (SSSR count). The number of benzene rings is 1. The highest BCUT2D eigenvalue weighted by molar-refractivity contribution is 8.78. The van der Waals surface area contributed by atoms with Crippen molar-refractivity contribution in [3.63, 3.8) is 0 Å². The average Bonchev–Trinajstić information content (AvgIpc) is 2.95. The minimum atomic E-state index is -3.44. The molecule has 0 N–H and O–H groups in total. The van der Waals surface area contributed by atoms with E-state index < -0.39 is 18.4 Å². The normalized spacial score (nSPS) is 22.2. The lowest BCUT2D eigenvalue weighted by atomic mass is 10.0. The second-order valence-corrected chi connectivity index (χ2v) is 15.0. The van der Waals surface area contributed by atoms with Gasteiger partial charge in [0.25, 0.3) is 8.53 Å². The van der Waals surface area contributed by atoms with Gasteiger partial charge in [0.2, 0.25) is 0 Å². The first kappa shape index (κ1) is 26.9. The van der Waals surface area contributed by atoms with Crippen LogP contribution in [-0.2, 0) is 18.9 Å². The van der Waals surface area contributed by atoms with Crippen molar-refractivity contribution < 1.29 is 17.5 Å². The molecule has 1 aromatic rings. The first-order chi connectivity index (χ1) is 14.5. The van der Waals surface area contributed by atoms with Crippen molar-refractivity contribution in [2.45, 2.75) is 81.0 Å². The molecule has 1 aliphatic rings. The molecule has 0 radical (unpaired) electrons. The number of nitriles is 1. The van der Waals surface area contributed by atoms with Gasteiger partial charge in [0.1, 0.15) is 0 Å². The molecule has 0 spiro atoms. The summed E-state index contributed by atoms with van der Waals surface area (Å²) in [5, 5.41) is 8.70. The Morgan fingerprint density at radius 3 is 2.35 bits per heavy atom.